The third-order valence-corrected chi connectivity index (χ3v) is 5.77. The van der Waals surface area contributed by atoms with Crippen molar-refractivity contribution in [1.82, 2.24) is 0 Å². The first-order chi connectivity index (χ1) is 7.02. The molecule has 0 unspecified atom stereocenters. The van der Waals surface area contributed by atoms with Gasteiger partial charge < -0.3 is 0 Å². The maximum Gasteiger partial charge on any atom is 0.245 e. The summed E-state index contributed by atoms with van der Waals surface area (Å²) in [6.45, 7) is 14.1. The van der Waals surface area contributed by atoms with Crippen molar-refractivity contribution in [2.45, 2.75) is 62.3 Å². The molecule has 0 atom stereocenters. The van der Waals surface area contributed by atoms with Crippen LogP contribution in [0.1, 0.15) is 41.5 Å². The fraction of sp³-hybridized carbons (Fsp3) is 0.909. The van der Waals surface area contributed by atoms with Crippen LogP contribution in [0.25, 0.3) is 0 Å². The topological polar surface area (TPSA) is 17.1 Å². The third-order valence-electron chi connectivity index (χ3n) is 1.92. The number of carbonyl (C=O) groups is 1. The van der Waals surface area contributed by atoms with E-state index < -0.39 is 3.79 Å². The lowest BCUT2D eigenvalue weighted by Gasteiger charge is -2.29. The summed E-state index contributed by atoms with van der Waals surface area (Å²) in [5.74, 6) is 0. The zero-order valence-corrected chi connectivity index (χ0v) is 14.0. The Labute approximate surface area is 116 Å². The molecule has 0 aromatic rings. The first-order valence-corrected chi connectivity index (χ1v) is 8.01. The van der Waals surface area contributed by atoms with E-state index in [1.165, 1.54) is 0 Å². The van der Waals surface area contributed by atoms with Gasteiger partial charge in [-0.1, -0.05) is 84.3 Å². The van der Waals surface area contributed by atoms with E-state index in [1.807, 2.05) is 0 Å². The molecule has 1 nitrogen and oxygen atoms in total. The van der Waals surface area contributed by atoms with Crippen molar-refractivity contribution in [1.29, 1.82) is 0 Å². The number of rotatable bonds is 3. The van der Waals surface area contributed by atoms with Crippen LogP contribution in [0.5, 0.6) is 0 Å². The minimum Gasteiger partial charge on any atom is -0.299 e. The van der Waals surface area contributed by atoms with E-state index in [4.69, 9.17) is 34.8 Å². The molecular formula is C11H22Cl3OP. The molecule has 98 valence electrons. The lowest BCUT2D eigenvalue weighted by molar-refractivity contribution is -0.107. The standard InChI is InChI=1S/C9H21P.C2HCl3O/c1-7(2)10(8(3)4)9(5)6;3-2(4,5)1-6/h7-9H,1-6H3;1H. The van der Waals surface area contributed by atoms with Crippen LogP contribution in [0.3, 0.4) is 0 Å². The summed E-state index contributed by atoms with van der Waals surface area (Å²) in [4.78, 5) is 9.43. The van der Waals surface area contributed by atoms with E-state index in [2.05, 4.69) is 41.5 Å². The number of aldehydes is 1. The van der Waals surface area contributed by atoms with E-state index in [9.17, 15) is 4.79 Å². The molecule has 0 fully saturated rings. The molecule has 0 heterocycles. The third kappa shape index (κ3) is 11.5. The highest BCUT2D eigenvalue weighted by Gasteiger charge is 2.19. The van der Waals surface area contributed by atoms with Gasteiger partial charge in [-0.3, -0.25) is 4.79 Å². The lowest BCUT2D eigenvalue weighted by Crippen LogP contribution is -2.10. The summed E-state index contributed by atoms with van der Waals surface area (Å²) in [6, 6.07) is 0. The Balaban J connectivity index is 0. The van der Waals surface area contributed by atoms with Gasteiger partial charge in [0.05, 0.1) is 0 Å². The number of hydrogen-bond acceptors (Lipinski definition) is 1. The molecule has 0 aromatic heterocycles. The van der Waals surface area contributed by atoms with Gasteiger partial charge in [0.1, 0.15) is 0 Å². The van der Waals surface area contributed by atoms with Gasteiger partial charge in [-0.15, -0.1) is 0 Å². The average Bonchev–Trinajstić information content (AvgIpc) is 2.01. The number of hydrogen-bond donors (Lipinski definition) is 0. The molecule has 0 aliphatic carbocycles. The van der Waals surface area contributed by atoms with Gasteiger partial charge in [-0.25, -0.2) is 0 Å². The first-order valence-electron chi connectivity index (χ1n) is 5.33. The van der Waals surface area contributed by atoms with Gasteiger partial charge in [-0.05, 0) is 17.0 Å². The highest BCUT2D eigenvalue weighted by atomic mass is 35.6. The number of carbonyl (C=O) groups excluding carboxylic acids is 1. The molecule has 16 heavy (non-hydrogen) atoms. The molecule has 0 N–H and O–H groups in total. The predicted molar refractivity (Wildman–Crippen MR) is 78.7 cm³/mol. The number of halogens is 3. The molecular weight excluding hydrogens is 285 g/mol. The normalized spacial score (nSPS) is 12.1. The highest BCUT2D eigenvalue weighted by Crippen LogP contribution is 2.49. The zero-order valence-electron chi connectivity index (χ0n) is 10.8. The van der Waals surface area contributed by atoms with E-state index in [-0.39, 0.29) is 14.2 Å². The van der Waals surface area contributed by atoms with Crippen LogP contribution in [0.4, 0.5) is 0 Å². The van der Waals surface area contributed by atoms with Gasteiger partial charge in [0.25, 0.3) is 0 Å². The largest absolute Gasteiger partial charge is 0.299 e. The second-order valence-electron chi connectivity index (χ2n) is 4.39. The zero-order chi connectivity index (χ0) is 13.5. The van der Waals surface area contributed by atoms with Crippen LogP contribution >= 0.6 is 42.7 Å². The van der Waals surface area contributed by atoms with E-state index in [1.54, 1.807) is 0 Å². The Bertz CT molecular complexity index is 169. The van der Waals surface area contributed by atoms with Crippen molar-refractivity contribution in [3.05, 3.63) is 0 Å². The molecule has 0 bridgehead atoms. The monoisotopic (exact) mass is 306 g/mol. The van der Waals surface area contributed by atoms with Gasteiger partial charge >= 0.3 is 0 Å². The van der Waals surface area contributed by atoms with Crippen molar-refractivity contribution in [2.24, 2.45) is 0 Å². The van der Waals surface area contributed by atoms with Crippen molar-refractivity contribution in [3.63, 3.8) is 0 Å². The van der Waals surface area contributed by atoms with Gasteiger partial charge in [0.15, 0.2) is 6.29 Å². The molecule has 0 saturated heterocycles. The Hall–Kier alpha value is 0.970. The summed E-state index contributed by atoms with van der Waals surface area (Å²) in [7, 11) is 0.262. The van der Waals surface area contributed by atoms with Gasteiger partial charge in [0.2, 0.25) is 3.79 Å². The minimum atomic E-state index is -1.72. The van der Waals surface area contributed by atoms with Crippen LogP contribution in [-0.2, 0) is 4.79 Å². The average molecular weight is 308 g/mol. The quantitative estimate of drug-likeness (QED) is 0.395. The molecule has 5 heteroatoms. The Morgan fingerprint density at radius 1 is 0.875 bits per heavy atom. The van der Waals surface area contributed by atoms with E-state index in [0.717, 1.165) is 17.0 Å². The summed E-state index contributed by atoms with van der Waals surface area (Å²) in [5, 5.41) is 0. The van der Waals surface area contributed by atoms with Crippen molar-refractivity contribution >= 4 is 49.0 Å². The molecule has 0 aromatic carbocycles. The van der Waals surface area contributed by atoms with Crippen molar-refractivity contribution < 1.29 is 4.79 Å². The maximum absolute atomic E-state index is 9.43. The Morgan fingerprint density at radius 2 is 1.06 bits per heavy atom. The molecule has 0 aliphatic heterocycles. The molecule has 0 spiro atoms. The summed E-state index contributed by atoms with van der Waals surface area (Å²) in [5.41, 5.74) is 2.69. The van der Waals surface area contributed by atoms with Crippen molar-refractivity contribution in [3.8, 4) is 0 Å². The SMILES string of the molecule is CC(C)P(C(C)C)C(C)C.O=CC(Cl)(Cl)Cl. The molecule has 0 aliphatic rings. The van der Waals surface area contributed by atoms with Crippen LogP contribution < -0.4 is 0 Å². The minimum absolute atomic E-state index is 0.234. The lowest BCUT2D eigenvalue weighted by atomic mass is 10.5. The smallest absolute Gasteiger partial charge is 0.245 e. The number of alkyl halides is 3. The Kier molecular flexibility index (Phi) is 10.8. The first kappa shape index (κ1) is 19.3. The van der Waals surface area contributed by atoms with Crippen LogP contribution in [0.2, 0.25) is 0 Å². The van der Waals surface area contributed by atoms with Crippen molar-refractivity contribution in [2.75, 3.05) is 0 Å². The van der Waals surface area contributed by atoms with Gasteiger partial charge in [0, 0.05) is 0 Å². The fourth-order valence-electron chi connectivity index (χ4n) is 1.79. The molecule has 0 amide bonds. The predicted octanol–water partition coefficient (Wildman–Crippen LogP) is 5.25. The van der Waals surface area contributed by atoms with E-state index >= 15 is 0 Å². The summed E-state index contributed by atoms with van der Waals surface area (Å²) in [6.07, 6.45) is 0.234. The molecule has 0 radical (unpaired) electrons. The summed E-state index contributed by atoms with van der Waals surface area (Å²) >= 11 is 14.6. The molecule has 0 rings (SSSR count). The summed E-state index contributed by atoms with van der Waals surface area (Å²) < 4.78 is -1.72. The van der Waals surface area contributed by atoms with Crippen LogP contribution in [0.15, 0.2) is 0 Å². The Morgan fingerprint density at radius 3 is 1.06 bits per heavy atom. The second kappa shape index (κ2) is 8.97. The fourth-order valence-corrected chi connectivity index (χ4v) is 5.37. The maximum atomic E-state index is 9.43. The van der Waals surface area contributed by atoms with Crippen LogP contribution in [-0.4, -0.2) is 27.1 Å². The highest BCUT2D eigenvalue weighted by molar-refractivity contribution is 7.59. The molecule has 0 saturated carbocycles. The second-order valence-corrected chi connectivity index (χ2v) is 10.7. The van der Waals surface area contributed by atoms with E-state index in [0.29, 0.717) is 0 Å². The van der Waals surface area contributed by atoms with Gasteiger partial charge in [-0.2, -0.15) is 0 Å². The van der Waals surface area contributed by atoms with Crippen LogP contribution in [0, 0.1) is 0 Å².